The third-order valence-corrected chi connectivity index (χ3v) is 7.56. The van der Waals surface area contributed by atoms with Gasteiger partial charge < -0.3 is 26.2 Å². The number of benzene rings is 2. The van der Waals surface area contributed by atoms with Gasteiger partial charge in [-0.1, -0.05) is 12.1 Å². The SMILES string of the molecule is C/C=C\N(C)C(Nc1ccc(C(=O)NCCC2CCCNCC2=O)c(C)c1)C(C)=N/C=C(\C)c1ccc(NC)c(F)c1. The fourth-order valence-corrected chi connectivity index (χ4v) is 5.05. The Labute approximate surface area is 249 Å². The average molecular weight is 577 g/mol. The molecule has 1 saturated heterocycles. The Morgan fingerprint density at radius 2 is 2.02 bits per heavy atom. The van der Waals surface area contributed by atoms with Crippen molar-refractivity contribution in [3.8, 4) is 0 Å². The fourth-order valence-electron chi connectivity index (χ4n) is 5.05. The number of allylic oxidation sites excluding steroid dienone is 2. The number of amides is 1. The summed E-state index contributed by atoms with van der Waals surface area (Å²) in [7, 11) is 3.65. The van der Waals surface area contributed by atoms with Crippen molar-refractivity contribution in [1.82, 2.24) is 15.5 Å². The summed E-state index contributed by atoms with van der Waals surface area (Å²) in [4.78, 5) is 31.9. The molecule has 2 unspecified atom stereocenters. The summed E-state index contributed by atoms with van der Waals surface area (Å²) in [6, 6.07) is 10.7. The molecule has 42 heavy (non-hydrogen) atoms. The van der Waals surface area contributed by atoms with E-state index in [2.05, 4.69) is 21.3 Å². The van der Waals surface area contributed by atoms with Crippen molar-refractivity contribution in [3.63, 3.8) is 0 Å². The van der Waals surface area contributed by atoms with E-state index in [4.69, 9.17) is 4.99 Å². The summed E-state index contributed by atoms with van der Waals surface area (Å²) in [6.45, 7) is 9.47. The number of anilines is 2. The summed E-state index contributed by atoms with van der Waals surface area (Å²) in [5.41, 5.74) is 5.16. The number of hydrogen-bond donors (Lipinski definition) is 4. The molecule has 0 aliphatic carbocycles. The van der Waals surface area contributed by atoms with Gasteiger partial charge in [-0.25, -0.2) is 4.39 Å². The highest BCUT2D eigenvalue weighted by Gasteiger charge is 2.21. The van der Waals surface area contributed by atoms with Crippen molar-refractivity contribution >= 4 is 34.3 Å². The van der Waals surface area contributed by atoms with Crippen LogP contribution in [0.5, 0.6) is 0 Å². The van der Waals surface area contributed by atoms with Crippen molar-refractivity contribution in [2.45, 2.75) is 53.1 Å². The van der Waals surface area contributed by atoms with E-state index in [0.717, 1.165) is 47.5 Å². The van der Waals surface area contributed by atoms with Crippen molar-refractivity contribution in [2.75, 3.05) is 44.4 Å². The van der Waals surface area contributed by atoms with Crippen LogP contribution in [0.3, 0.4) is 0 Å². The minimum Gasteiger partial charge on any atom is -0.386 e. The van der Waals surface area contributed by atoms with Gasteiger partial charge in [-0.15, -0.1) is 0 Å². The monoisotopic (exact) mass is 576 g/mol. The molecule has 0 aromatic heterocycles. The zero-order valence-corrected chi connectivity index (χ0v) is 25.7. The second kappa shape index (κ2) is 15.9. The van der Waals surface area contributed by atoms with Gasteiger partial charge in [0.25, 0.3) is 5.91 Å². The number of halogens is 1. The lowest BCUT2D eigenvalue weighted by Gasteiger charge is -2.29. The van der Waals surface area contributed by atoms with Gasteiger partial charge in [0.05, 0.1) is 17.9 Å². The van der Waals surface area contributed by atoms with E-state index < -0.39 is 0 Å². The highest BCUT2D eigenvalue weighted by atomic mass is 19.1. The largest absolute Gasteiger partial charge is 0.386 e. The van der Waals surface area contributed by atoms with Gasteiger partial charge in [0.1, 0.15) is 17.8 Å². The van der Waals surface area contributed by atoms with Gasteiger partial charge in [0.15, 0.2) is 0 Å². The summed E-state index contributed by atoms with van der Waals surface area (Å²) >= 11 is 0. The number of rotatable bonds is 12. The molecular formula is C33H45FN6O2. The van der Waals surface area contributed by atoms with Crippen molar-refractivity contribution in [3.05, 3.63) is 77.4 Å². The lowest BCUT2D eigenvalue weighted by molar-refractivity contribution is -0.121. The second-order valence-electron chi connectivity index (χ2n) is 10.8. The molecule has 2 aromatic rings. The number of nitrogens with one attached hydrogen (secondary N) is 4. The summed E-state index contributed by atoms with van der Waals surface area (Å²) < 4.78 is 14.3. The maximum absolute atomic E-state index is 14.3. The Morgan fingerprint density at radius 3 is 2.71 bits per heavy atom. The van der Waals surface area contributed by atoms with Crippen LogP contribution in [0.1, 0.15) is 61.5 Å². The molecule has 2 atom stereocenters. The standard InChI is InChI=1S/C33H45FN6O2/c1-7-17-40(6)32(24(4)38-20-23(3)26-10-13-30(35-5)29(34)19-26)39-27-11-12-28(22(2)18-27)33(42)37-16-14-25-9-8-15-36-21-31(25)41/h7,10-13,17-20,25,32,35-36,39H,8-9,14-16,21H2,1-6H3,(H,37,42)/b17-7-,23-20+,38-24?. The molecule has 8 nitrogen and oxygen atoms in total. The van der Waals surface area contributed by atoms with Crippen LogP contribution in [0, 0.1) is 18.7 Å². The first-order chi connectivity index (χ1) is 20.1. The number of carbonyl (C=O) groups is 2. The quantitative estimate of drug-likeness (QED) is 0.194. The van der Waals surface area contributed by atoms with Crippen LogP contribution >= 0.6 is 0 Å². The van der Waals surface area contributed by atoms with Crippen LogP contribution in [0.2, 0.25) is 0 Å². The zero-order chi connectivity index (χ0) is 30.6. The van der Waals surface area contributed by atoms with Crippen LogP contribution in [0.4, 0.5) is 15.8 Å². The summed E-state index contributed by atoms with van der Waals surface area (Å²) in [5, 5.41) is 12.5. The molecule has 1 heterocycles. The third kappa shape index (κ3) is 9.01. The predicted molar refractivity (Wildman–Crippen MR) is 171 cm³/mol. The number of carbonyl (C=O) groups excluding carboxylic acids is 2. The van der Waals surface area contributed by atoms with Crippen LogP contribution in [-0.2, 0) is 4.79 Å². The fraction of sp³-hybridized carbons (Fsp3) is 0.424. The maximum Gasteiger partial charge on any atom is 0.251 e. The number of ketones is 1. The number of hydrogen-bond acceptors (Lipinski definition) is 7. The lowest BCUT2D eigenvalue weighted by atomic mass is 9.96. The molecule has 0 radical (unpaired) electrons. The first kappa shape index (κ1) is 32.5. The summed E-state index contributed by atoms with van der Waals surface area (Å²) in [5.74, 6) is -0.219. The van der Waals surface area contributed by atoms with E-state index >= 15 is 0 Å². The number of aryl methyl sites for hydroxylation is 1. The Morgan fingerprint density at radius 1 is 1.24 bits per heavy atom. The Balaban J connectivity index is 1.70. The molecule has 1 aliphatic heterocycles. The normalized spacial score (nSPS) is 17.1. The first-order valence-corrected chi connectivity index (χ1v) is 14.6. The average Bonchev–Trinajstić information content (AvgIpc) is 3.18. The van der Waals surface area contributed by atoms with Crippen LogP contribution in [0.25, 0.3) is 5.57 Å². The van der Waals surface area contributed by atoms with E-state index in [1.165, 1.54) is 6.07 Å². The van der Waals surface area contributed by atoms with Crippen LogP contribution < -0.4 is 21.3 Å². The molecule has 226 valence electrons. The van der Waals surface area contributed by atoms with Crippen molar-refractivity contribution in [2.24, 2.45) is 10.9 Å². The zero-order valence-electron chi connectivity index (χ0n) is 25.7. The molecular weight excluding hydrogens is 531 g/mol. The van der Waals surface area contributed by atoms with Gasteiger partial charge in [-0.3, -0.25) is 14.6 Å². The number of aliphatic imine (C=N–C) groups is 1. The maximum atomic E-state index is 14.3. The van der Waals surface area contributed by atoms with Gasteiger partial charge >= 0.3 is 0 Å². The van der Waals surface area contributed by atoms with E-state index in [0.29, 0.717) is 30.8 Å². The third-order valence-electron chi connectivity index (χ3n) is 7.56. The molecule has 1 amide bonds. The van der Waals surface area contributed by atoms with E-state index in [1.54, 1.807) is 19.3 Å². The Kier molecular flexibility index (Phi) is 12.3. The predicted octanol–water partition coefficient (Wildman–Crippen LogP) is 5.59. The molecule has 0 spiro atoms. The molecule has 1 fully saturated rings. The Hall–Kier alpha value is -3.98. The Bertz CT molecular complexity index is 1340. The number of nitrogens with zero attached hydrogens (tertiary/aromatic N) is 2. The minimum absolute atomic E-state index is 0.00248. The molecule has 1 aliphatic rings. The molecule has 2 aromatic carbocycles. The molecule has 4 N–H and O–H groups in total. The van der Waals surface area contributed by atoms with Gasteiger partial charge in [-0.05, 0) is 107 Å². The second-order valence-corrected chi connectivity index (χ2v) is 10.8. The lowest BCUT2D eigenvalue weighted by Crippen LogP contribution is -2.40. The highest BCUT2D eigenvalue weighted by Crippen LogP contribution is 2.22. The summed E-state index contributed by atoms with van der Waals surface area (Å²) in [6.07, 6.45) is 7.90. The van der Waals surface area contributed by atoms with Gasteiger partial charge in [0, 0.05) is 44.0 Å². The van der Waals surface area contributed by atoms with Gasteiger partial charge in [-0.2, -0.15) is 0 Å². The van der Waals surface area contributed by atoms with E-state index in [-0.39, 0.29) is 29.6 Å². The molecule has 9 heteroatoms. The van der Waals surface area contributed by atoms with Crippen molar-refractivity contribution in [1.29, 1.82) is 0 Å². The minimum atomic E-state index is -0.310. The molecule has 0 saturated carbocycles. The molecule has 3 rings (SSSR count). The smallest absolute Gasteiger partial charge is 0.251 e. The molecule has 0 bridgehead atoms. The van der Waals surface area contributed by atoms with Crippen LogP contribution in [-0.4, -0.2) is 62.2 Å². The first-order valence-electron chi connectivity index (χ1n) is 14.6. The topological polar surface area (TPSA) is 97.9 Å². The van der Waals surface area contributed by atoms with E-state index in [1.807, 2.05) is 76.2 Å². The van der Waals surface area contributed by atoms with Crippen molar-refractivity contribution < 1.29 is 14.0 Å². The number of Topliss-reactive ketones (excluding diaryl/α,β-unsaturated/α-hetero) is 1. The van der Waals surface area contributed by atoms with E-state index in [9.17, 15) is 14.0 Å². The van der Waals surface area contributed by atoms with Gasteiger partial charge in [0.2, 0.25) is 0 Å². The highest BCUT2D eigenvalue weighted by molar-refractivity contribution is 5.96. The van der Waals surface area contributed by atoms with Crippen LogP contribution in [0.15, 0.2) is 59.9 Å².